The lowest BCUT2D eigenvalue weighted by atomic mass is 9.94. The summed E-state index contributed by atoms with van der Waals surface area (Å²) in [6.45, 7) is 3.96. The van der Waals surface area contributed by atoms with Gasteiger partial charge in [-0.2, -0.15) is 0 Å². The molecule has 1 fully saturated rings. The number of benzene rings is 1. The molecule has 2 rings (SSSR count). The predicted molar refractivity (Wildman–Crippen MR) is 69.7 cm³/mol. The van der Waals surface area contributed by atoms with Crippen LogP contribution in [0.15, 0.2) is 24.3 Å². The number of piperidine rings is 1. The topological polar surface area (TPSA) is 20.3 Å². The van der Waals surface area contributed by atoms with Gasteiger partial charge < -0.3 is 4.90 Å². The van der Waals surface area contributed by atoms with Crippen LogP contribution in [0.25, 0.3) is 0 Å². The Balaban J connectivity index is 1.87. The van der Waals surface area contributed by atoms with E-state index in [4.69, 9.17) is 0 Å². The SMILES string of the molecule is CCC1CCN(C(=O)Cc2ccc(F)cc2)CC1. The van der Waals surface area contributed by atoms with Crippen molar-refractivity contribution in [1.82, 2.24) is 4.90 Å². The molecule has 3 heteroatoms. The van der Waals surface area contributed by atoms with Crippen molar-refractivity contribution in [1.29, 1.82) is 0 Å². The Kier molecular flexibility index (Phi) is 4.34. The lowest BCUT2D eigenvalue weighted by molar-refractivity contribution is -0.131. The molecule has 98 valence electrons. The lowest BCUT2D eigenvalue weighted by Crippen LogP contribution is -2.39. The largest absolute Gasteiger partial charge is 0.342 e. The minimum Gasteiger partial charge on any atom is -0.342 e. The third-order valence-electron chi connectivity index (χ3n) is 3.81. The van der Waals surface area contributed by atoms with Crippen LogP contribution >= 0.6 is 0 Å². The van der Waals surface area contributed by atoms with E-state index in [1.54, 1.807) is 12.1 Å². The maximum Gasteiger partial charge on any atom is 0.226 e. The van der Waals surface area contributed by atoms with E-state index in [9.17, 15) is 9.18 Å². The summed E-state index contributed by atoms with van der Waals surface area (Å²) in [5.41, 5.74) is 0.888. The first-order valence-corrected chi connectivity index (χ1v) is 6.71. The monoisotopic (exact) mass is 249 g/mol. The number of hydrogen-bond acceptors (Lipinski definition) is 1. The second-order valence-corrected chi connectivity index (χ2v) is 5.04. The molecule has 0 saturated carbocycles. The molecule has 1 aliphatic rings. The summed E-state index contributed by atoms with van der Waals surface area (Å²) in [4.78, 5) is 14.0. The number of rotatable bonds is 3. The van der Waals surface area contributed by atoms with Crippen LogP contribution in [0.2, 0.25) is 0 Å². The van der Waals surface area contributed by atoms with E-state index in [0.29, 0.717) is 6.42 Å². The highest BCUT2D eigenvalue weighted by Crippen LogP contribution is 2.20. The summed E-state index contributed by atoms with van der Waals surface area (Å²) in [7, 11) is 0. The van der Waals surface area contributed by atoms with E-state index in [0.717, 1.165) is 37.4 Å². The normalized spacial score (nSPS) is 16.9. The van der Waals surface area contributed by atoms with Gasteiger partial charge in [-0.15, -0.1) is 0 Å². The van der Waals surface area contributed by atoms with Gasteiger partial charge in [0, 0.05) is 13.1 Å². The molecule has 1 saturated heterocycles. The molecular formula is C15H20FNO. The van der Waals surface area contributed by atoms with Crippen molar-refractivity contribution in [3.8, 4) is 0 Å². The van der Waals surface area contributed by atoms with Gasteiger partial charge in [0.15, 0.2) is 0 Å². The van der Waals surface area contributed by atoms with E-state index < -0.39 is 0 Å². The van der Waals surface area contributed by atoms with Crippen molar-refractivity contribution < 1.29 is 9.18 Å². The molecule has 2 nitrogen and oxygen atoms in total. The van der Waals surface area contributed by atoms with E-state index in [1.165, 1.54) is 18.6 Å². The van der Waals surface area contributed by atoms with E-state index in [2.05, 4.69) is 6.92 Å². The zero-order valence-corrected chi connectivity index (χ0v) is 10.9. The van der Waals surface area contributed by atoms with Gasteiger partial charge >= 0.3 is 0 Å². The van der Waals surface area contributed by atoms with Gasteiger partial charge in [-0.1, -0.05) is 25.5 Å². The van der Waals surface area contributed by atoms with Crippen LogP contribution in [0.1, 0.15) is 31.7 Å². The molecule has 0 spiro atoms. The Morgan fingerprint density at radius 2 is 1.89 bits per heavy atom. The fourth-order valence-corrected chi connectivity index (χ4v) is 2.48. The molecule has 1 amide bonds. The molecule has 0 unspecified atom stereocenters. The Bertz CT molecular complexity index is 393. The summed E-state index contributed by atoms with van der Waals surface area (Å²) < 4.78 is 12.8. The number of halogens is 1. The maximum atomic E-state index is 12.8. The Labute approximate surface area is 108 Å². The number of amides is 1. The molecule has 18 heavy (non-hydrogen) atoms. The predicted octanol–water partition coefficient (Wildman–Crippen LogP) is 3.02. The first-order valence-electron chi connectivity index (χ1n) is 6.71. The van der Waals surface area contributed by atoms with Crippen molar-refractivity contribution in [2.75, 3.05) is 13.1 Å². The second kappa shape index (κ2) is 5.98. The summed E-state index contributed by atoms with van der Waals surface area (Å²) in [5, 5.41) is 0. The third-order valence-corrected chi connectivity index (χ3v) is 3.81. The molecule has 1 heterocycles. The fraction of sp³-hybridized carbons (Fsp3) is 0.533. The number of nitrogens with zero attached hydrogens (tertiary/aromatic N) is 1. The van der Waals surface area contributed by atoms with Gasteiger partial charge in [-0.05, 0) is 36.5 Å². The highest BCUT2D eigenvalue weighted by molar-refractivity contribution is 5.78. The highest BCUT2D eigenvalue weighted by atomic mass is 19.1. The van der Waals surface area contributed by atoms with Crippen LogP contribution in [-0.4, -0.2) is 23.9 Å². The van der Waals surface area contributed by atoms with Crippen LogP contribution in [0.3, 0.4) is 0 Å². The minimum absolute atomic E-state index is 0.163. The van der Waals surface area contributed by atoms with Gasteiger partial charge in [0.2, 0.25) is 5.91 Å². The molecule has 0 N–H and O–H groups in total. The van der Waals surface area contributed by atoms with E-state index in [-0.39, 0.29) is 11.7 Å². The molecule has 0 aliphatic carbocycles. The number of likely N-dealkylation sites (tertiary alicyclic amines) is 1. The fourth-order valence-electron chi connectivity index (χ4n) is 2.48. The smallest absolute Gasteiger partial charge is 0.226 e. The molecule has 0 radical (unpaired) electrons. The first kappa shape index (κ1) is 13.1. The summed E-state index contributed by atoms with van der Waals surface area (Å²) in [6, 6.07) is 6.19. The van der Waals surface area contributed by atoms with Crippen LogP contribution in [-0.2, 0) is 11.2 Å². The van der Waals surface area contributed by atoms with Crippen LogP contribution in [0.5, 0.6) is 0 Å². The van der Waals surface area contributed by atoms with E-state index >= 15 is 0 Å². The molecule has 0 aromatic heterocycles. The molecule has 1 aromatic rings. The molecule has 1 aliphatic heterocycles. The maximum absolute atomic E-state index is 12.8. The summed E-state index contributed by atoms with van der Waals surface area (Å²) in [6.07, 6.45) is 3.83. The third kappa shape index (κ3) is 3.31. The first-order chi connectivity index (χ1) is 8.69. The zero-order chi connectivity index (χ0) is 13.0. The average molecular weight is 249 g/mol. The number of hydrogen-bond donors (Lipinski definition) is 0. The van der Waals surface area contributed by atoms with Crippen LogP contribution in [0.4, 0.5) is 4.39 Å². The van der Waals surface area contributed by atoms with Gasteiger partial charge in [-0.25, -0.2) is 4.39 Å². The standard InChI is InChI=1S/C15H20FNO/c1-2-12-7-9-17(10-8-12)15(18)11-13-3-5-14(16)6-4-13/h3-6,12H,2,7-11H2,1H3. The molecule has 1 aromatic carbocycles. The Morgan fingerprint density at radius 1 is 1.28 bits per heavy atom. The van der Waals surface area contributed by atoms with Crippen LogP contribution < -0.4 is 0 Å². The quantitative estimate of drug-likeness (QED) is 0.806. The highest BCUT2D eigenvalue weighted by Gasteiger charge is 2.21. The van der Waals surface area contributed by atoms with Gasteiger partial charge in [0.1, 0.15) is 5.82 Å². The Morgan fingerprint density at radius 3 is 2.44 bits per heavy atom. The van der Waals surface area contributed by atoms with Crippen molar-refractivity contribution in [3.63, 3.8) is 0 Å². The summed E-state index contributed by atoms with van der Waals surface area (Å²) >= 11 is 0. The molecule has 0 atom stereocenters. The summed E-state index contributed by atoms with van der Waals surface area (Å²) in [5.74, 6) is 0.686. The second-order valence-electron chi connectivity index (χ2n) is 5.04. The van der Waals surface area contributed by atoms with Gasteiger partial charge in [0.25, 0.3) is 0 Å². The van der Waals surface area contributed by atoms with Crippen molar-refractivity contribution in [2.24, 2.45) is 5.92 Å². The Hall–Kier alpha value is -1.38. The van der Waals surface area contributed by atoms with Gasteiger partial charge in [-0.3, -0.25) is 4.79 Å². The van der Waals surface area contributed by atoms with Crippen molar-refractivity contribution in [3.05, 3.63) is 35.6 Å². The number of carbonyl (C=O) groups is 1. The minimum atomic E-state index is -0.255. The van der Waals surface area contributed by atoms with E-state index in [1.807, 2.05) is 4.90 Å². The lowest BCUT2D eigenvalue weighted by Gasteiger charge is -2.31. The van der Waals surface area contributed by atoms with Crippen molar-refractivity contribution >= 4 is 5.91 Å². The van der Waals surface area contributed by atoms with Crippen LogP contribution in [0, 0.1) is 11.7 Å². The molecular weight excluding hydrogens is 229 g/mol. The average Bonchev–Trinajstić information content (AvgIpc) is 2.41. The molecule has 0 bridgehead atoms. The van der Waals surface area contributed by atoms with Gasteiger partial charge in [0.05, 0.1) is 6.42 Å². The van der Waals surface area contributed by atoms with Crippen molar-refractivity contribution in [2.45, 2.75) is 32.6 Å². The zero-order valence-electron chi connectivity index (χ0n) is 10.9. The number of carbonyl (C=O) groups excluding carboxylic acids is 1.